The molecular weight excluding hydrogens is 444 g/mol. The Bertz CT molecular complexity index is 743. The fourth-order valence-electron chi connectivity index (χ4n) is 4.31. The monoisotopic (exact) mass is 475 g/mol. The second-order valence-corrected chi connectivity index (χ2v) is 9.27. The van der Waals surface area contributed by atoms with Crippen molar-refractivity contribution in [1.29, 1.82) is 0 Å². The molecule has 8 nitrogen and oxygen atoms in total. The van der Waals surface area contributed by atoms with Crippen LogP contribution in [0.4, 0.5) is 8.78 Å². The van der Waals surface area contributed by atoms with Gasteiger partial charge >= 0.3 is 0 Å². The molecule has 1 fully saturated rings. The Labute approximate surface area is 190 Å². The van der Waals surface area contributed by atoms with E-state index in [0.717, 1.165) is 42.7 Å². The van der Waals surface area contributed by atoms with Crippen molar-refractivity contribution in [3.8, 4) is 5.19 Å². The van der Waals surface area contributed by atoms with E-state index in [4.69, 9.17) is 14.2 Å². The summed E-state index contributed by atoms with van der Waals surface area (Å²) in [4.78, 5) is 30.5. The molecule has 1 amide bonds. The number of halogens is 2. The Morgan fingerprint density at radius 3 is 2.81 bits per heavy atom. The van der Waals surface area contributed by atoms with Crippen LogP contribution in [0, 0.1) is 5.92 Å². The Morgan fingerprint density at radius 1 is 1.34 bits per heavy atom. The van der Waals surface area contributed by atoms with Gasteiger partial charge in [-0.25, -0.2) is 13.8 Å². The van der Waals surface area contributed by atoms with Crippen LogP contribution in [0.15, 0.2) is 0 Å². The SMILES string of the molecule is COCCC(=O)NC1CCC(CC(OC=O)N2CCc3sc(OCC(F)F)nc3C2)CC1. The number of thiazole rings is 1. The Morgan fingerprint density at radius 2 is 2.12 bits per heavy atom. The summed E-state index contributed by atoms with van der Waals surface area (Å²) < 4.78 is 40.2. The van der Waals surface area contributed by atoms with Gasteiger partial charge in [0.15, 0.2) is 12.8 Å². The molecule has 11 heteroatoms. The first-order chi connectivity index (χ1) is 15.5. The number of hydrogen-bond donors (Lipinski definition) is 1. The van der Waals surface area contributed by atoms with Crippen LogP contribution < -0.4 is 10.1 Å². The molecule has 0 saturated heterocycles. The van der Waals surface area contributed by atoms with Crippen LogP contribution in [-0.4, -0.2) is 67.8 Å². The van der Waals surface area contributed by atoms with Gasteiger partial charge in [0.2, 0.25) is 5.91 Å². The lowest BCUT2D eigenvalue weighted by Gasteiger charge is -2.36. The van der Waals surface area contributed by atoms with Gasteiger partial charge in [0.25, 0.3) is 18.1 Å². The minimum atomic E-state index is -2.54. The highest BCUT2D eigenvalue weighted by Crippen LogP contribution is 2.34. The number of rotatable bonds is 12. The molecule has 1 saturated carbocycles. The predicted octanol–water partition coefficient (Wildman–Crippen LogP) is 2.75. The van der Waals surface area contributed by atoms with E-state index in [1.165, 1.54) is 11.3 Å². The summed E-state index contributed by atoms with van der Waals surface area (Å²) in [6.07, 6.45) is 2.62. The van der Waals surface area contributed by atoms with Gasteiger partial charge in [-0.3, -0.25) is 14.5 Å². The molecule has 3 rings (SSSR count). The zero-order valence-electron chi connectivity index (χ0n) is 18.3. The third-order valence-electron chi connectivity index (χ3n) is 5.97. The van der Waals surface area contributed by atoms with E-state index >= 15 is 0 Å². The van der Waals surface area contributed by atoms with Gasteiger partial charge in [0.1, 0.15) is 0 Å². The number of carbonyl (C=O) groups is 2. The van der Waals surface area contributed by atoms with Gasteiger partial charge in [-0.05, 0) is 38.0 Å². The van der Waals surface area contributed by atoms with Crippen molar-refractivity contribution in [3.63, 3.8) is 0 Å². The average Bonchev–Trinajstić information content (AvgIpc) is 3.19. The molecule has 1 unspecified atom stereocenters. The predicted molar refractivity (Wildman–Crippen MR) is 114 cm³/mol. The molecular formula is C21H31F2N3O5S. The topological polar surface area (TPSA) is 90.0 Å². The van der Waals surface area contributed by atoms with Crippen LogP contribution in [0.25, 0.3) is 0 Å². The van der Waals surface area contributed by atoms with Crippen molar-refractivity contribution in [2.45, 2.75) is 70.2 Å². The van der Waals surface area contributed by atoms with Gasteiger partial charge < -0.3 is 19.5 Å². The van der Waals surface area contributed by atoms with E-state index in [1.807, 2.05) is 0 Å². The van der Waals surface area contributed by atoms with E-state index in [-0.39, 0.29) is 23.4 Å². The maximum atomic E-state index is 12.4. The molecule has 1 aromatic rings. The number of aromatic nitrogens is 1. The van der Waals surface area contributed by atoms with Crippen molar-refractivity contribution >= 4 is 23.7 Å². The quantitative estimate of drug-likeness (QED) is 0.465. The van der Waals surface area contributed by atoms with Gasteiger partial charge in [-0.15, -0.1) is 0 Å². The van der Waals surface area contributed by atoms with Crippen molar-refractivity contribution < 1.29 is 32.6 Å². The number of nitrogens with zero attached hydrogens (tertiary/aromatic N) is 2. The average molecular weight is 476 g/mol. The number of nitrogens with one attached hydrogen (secondary N) is 1. The maximum absolute atomic E-state index is 12.4. The van der Waals surface area contributed by atoms with Crippen LogP contribution in [0.3, 0.4) is 0 Å². The van der Waals surface area contributed by atoms with Crippen molar-refractivity contribution in [3.05, 3.63) is 10.6 Å². The van der Waals surface area contributed by atoms with Gasteiger partial charge in [0, 0.05) is 44.0 Å². The highest BCUT2D eigenvalue weighted by Gasteiger charge is 2.31. The minimum absolute atomic E-state index is 0.0155. The Balaban J connectivity index is 1.49. The third-order valence-corrected chi connectivity index (χ3v) is 7.04. The first-order valence-electron chi connectivity index (χ1n) is 11.0. The smallest absolute Gasteiger partial charge is 0.294 e. The zero-order valence-corrected chi connectivity index (χ0v) is 19.1. The van der Waals surface area contributed by atoms with Crippen molar-refractivity contribution in [1.82, 2.24) is 15.2 Å². The number of hydrogen-bond acceptors (Lipinski definition) is 8. The molecule has 0 spiro atoms. The van der Waals surface area contributed by atoms with Crippen molar-refractivity contribution in [2.75, 3.05) is 26.9 Å². The summed E-state index contributed by atoms with van der Waals surface area (Å²) in [6.45, 7) is 1.44. The van der Waals surface area contributed by atoms with Crippen LogP contribution in [0.5, 0.6) is 5.19 Å². The van der Waals surface area contributed by atoms with Gasteiger partial charge in [-0.1, -0.05) is 11.3 Å². The molecule has 2 heterocycles. The molecule has 2 aliphatic rings. The number of amides is 1. The summed E-state index contributed by atoms with van der Waals surface area (Å²) in [7, 11) is 1.58. The molecule has 0 aromatic carbocycles. The van der Waals surface area contributed by atoms with E-state index in [9.17, 15) is 18.4 Å². The first-order valence-corrected chi connectivity index (χ1v) is 11.8. The lowest BCUT2D eigenvalue weighted by molar-refractivity contribution is -0.147. The fraction of sp³-hybridized carbons (Fsp3) is 0.762. The number of ether oxygens (including phenoxy) is 3. The van der Waals surface area contributed by atoms with Crippen LogP contribution in [-0.2, 0) is 32.0 Å². The molecule has 1 aliphatic carbocycles. The lowest BCUT2D eigenvalue weighted by Crippen LogP contribution is -2.43. The molecule has 1 atom stereocenters. The highest BCUT2D eigenvalue weighted by molar-refractivity contribution is 7.13. The molecule has 1 aliphatic heterocycles. The molecule has 180 valence electrons. The van der Waals surface area contributed by atoms with Crippen LogP contribution >= 0.6 is 11.3 Å². The summed E-state index contributed by atoms with van der Waals surface area (Å²) in [5, 5.41) is 3.32. The maximum Gasteiger partial charge on any atom is 0.294 e. The Kier molecular flexibility index (Phi) is 9.61. The van der Waals surface area contributed by atoms with Crippen molar-refractivity contribution in [2.24, 2.45) is 5.92 Å². The Hall–Kier alpha value is -1.85. The number of methoxy groups -OCH3 is 1. The van der Waals surface area contributed by atoms with Gasteiger partial charge in [0.05, 0.1) is 12.3 Å². The second kappa shape index (κ2) is 12.4. The first kappa shape index (κ1) is 24.8. The normalized spacial score (nSPS) is 22.2. The highest BCUT2D eigenvalue weighted by atomic mass is 32.1. The van der Waals surface area contributed by atoms with E-state index in [1.54, 1.807) is 7.11 Å². The summed E-state index contributed by atoms with van der Waals surface area (Å²) in [5.41, 5.74) is 0.799. The molecule has 1 aromatic heterocycles. The van der Waals surface area contributed by atoms with E-state index in [0.29, 0.717) is 44.9 Å². The van der Waals surface area contributed by atoms with E-state index < -0.39 is 13.0 Å². The molecule has 0 radical (unpaired) electrons. The largest absolute Gasteiger partial charge is 0.464 e. The van der Waals surface area contributed by atoms with Gasteiger partial charge in [-0.2, -0.15) is 0 Å². The molecule has 32 heavy (non-hydrogen) atoms. The molecule has 0 bridgehead atoms. The standard InChI is InChI=1S/C21H31F2N3O5S/c1-29-9-7-19(28)24-15-4-2-14(3-5-15)10-20(31-13-27)26-8-6-17-16(11-26)25-21(32-17)30-12-18(22)23/h13-15,18,20H,2-12H2,1H3,(H,24,28). The summed E-state index contributed by atoms with van der Waals surface area (Å²) in [6, 6.07) is 0.181. The third kappa shape index (κ3) is 7.35. The number of carbonyl (C=O) groups excluding carboxylic acids is 2. The zero-order chi connectivity index (χ0) is 22.9. The van der Waals surface area contributed by atoms with E-state index in [2.05, 4.69) is 15.2 Å². The lowest BCUT2D eigenvalue weighted by atomic mass is 9.83. The number of alkyl halides is 2. The summed E-state index contributed by atoms with van der Waals surface area (Å²) >= 11 is 1.30. The molecule has 1 N–H and O–H groups in total. The second-order valence-electron chi connectivity index (χ2n) is 8.22. The minimum Gasteiger partial charge on any atom is -0.464 e. The fourth-order valence-corrected chi connectivity index (χ4v) is 5.23. The summed E-state index contributed by atoms with van der Waals surface area (Å²) in [5.74, 6) is 0.413. The number of fused-ring (bicyclic) bond motifs is 1. The van der Waals surface area contributed by atoms with Crippen LogP contribution in [0.1, 0.15) is 49.1 Å². The van der Waals surface area contributed by atoms with Crippen LogP contribution in [0.2, 0.25) is 0 Å².